The maximum absolute atomic E-state index is 12.0. The fourth-order valence-electron chi connectivity index (χ4n) is 3.27. The number of benzene rings is 2. The van der Waals surface area contributed by atoms with Crippen molar-refractivity contribution in [1.29, 1.82) is 5.26 Å². The molecule has 7 heteroatoms. The van der Waals surface area contributed by atoms with E-state index in [0.717, 1.165) is 22.2 Å². The van der Waals surface area contributed by atoms with Crippen molar-refractivity contribution in [1.82, 2.24) is 4.57 Å². The van der Waals surface area contributed by atoms with Crippen LogP contribution in [-0.4, -0.2) is 22.1 Å². The minimum absolute atomic E-state index is 0.0340. The van der Waals surface area contributed by atoms with Crippen LogP contribution in [0.15, 0.2) is 48.5 Å². The summed E-state index contributed by atoms with van der Waals surface area (Å²) in [6, 6.07) is 15.7. The van der Waals surface area contributed by atoms with Crippen LogP contribution in [0.1, 0.15) is 23.7 Å². The van der Waals surface area contributed by atoms with Gasteiger partial charge in [0.1, 0.15) is 6.54 Å². The van der Waals surface area contributed by atoms with Gasteiger partial charge in [0.2, 0.25) is 0 Å². The molecule has 0 fully saturated rings. The molecular formula is C22H19N3O4. The van der Waals surface area contributed by atoms with Gasteiger partial charge in [0.15, 0.2) is 0 Å². The number of aromatic nitrogens is 1. The van der Waals surface area contributed by atoms with E-state index in [4.69, 9.17) is 4.74 Å². The van der Waals surface area contributed by atoms with Crippen LogP contribution in [0.2, 0.25) is 0 Å². The molecule has 0 aliphatic rings. The Labute approximate surface area is 167 Å². The van der Waals surface area contributed by atoms with Crippen molar-refractivity contribution in [3.8, 4) is 6.07 Å². The zero-order valence-corrected chi connectivity index (χ0v) is 16.1. The minimum atomic E-state index is -0.479. The van der Waals surface area contributed by atoms with E-state index in [0.29, 0.717) is 17.7 Å². The van der Waals surface area contributed by atoms with Gasteiger partial charge in [0.25, 0.3) is 5.69 Å². The summed E-state index contributed by atoms with van der Waals surface area (Å²) in [5.74, 6) is -0.331. The monoisotopic (exact) mass is 389 g/mol. The number of hydrogen-bond donors (Lipinski definition) is 0. The molecule has 0 aliphatic carbocycles. The third-order valence-electron chi connectivity index (χ3n) is 4.67. The Bertz CT molecular complexity index is 1150. The topological polar surface area (TPSA) is 98.2 Å². The molecule has 3 aromatic rings. The highest BCUT2D eigenvalue weighted by atomic mass is 16.6. The number of nitriles is 1. The van der Waals surface area contributed by atoms with Crippen molar-refractivity contribution in [3.63, 3.8) is 0 Å². The molecule has 0 saturated carbocycles. The maximum atomic E-state index is 12.0. The summed E-state index contributed by atoms with van der Waals surface area (Å²) in [6.07, 6.45) is 1.75. The minimum Gasteiger partial charge on any atom is -0.465 e. The Balaban J connectivity index is 2.10. The lowest BCUT2D eigenvalue weighted by Crippen LogP contribution is -2.14. The number of carbonyl (C=O) groups excluding carboxylic acids is 1. The van der Waals surface area contributed by atoms with Crippen molar-refractivity contribution < 1.29 is 14.5 Å². The Hall–Kier alpha value is -3.92. The molecule has 0 atom stereocenters. The third-order valence-corrected chi connectivity index (χ3v) is 4.67. The number of nitrogens with zero attached hydrogens (tertiary/aromatic N) is 3. The molecule has 146 valence electrons. The molecule has 1 aromatic heterocycles. The van der Waals surface area contributed by atoms with Crippen molar-refractivity contribution in [3.05, 3.63) is 75.5 Å². The van der Waals surface area contributed by atoms with Crippen molar-refractivity contribution in [2.24, 2.45) is 0 Å². The van der Waals surface area contributed by atoms with Crippen molar-refractivity contribution in [2.75, 3.05) is 6.61 Å². The first-order chi connectivity index (χ1) is 14.0. The molecule has 0 amide bonds. The molecule has 2 aromatic carbocycles. The lowest BCUT2D eigenvalue weighted by molar-refractivity contribution is -0.384. The molecule has 3 rings (SSSR count). The highest BCUT2D eigenvalue weighted by molar-refractivity contribution is 5.99. The predicted octanol–water partition coefficient (Wildman–Crippen LogP) is 4.49. The summed E-state index contributed by atoms with van der Waals surface area (Å²) in [7, 11) is 0. The second-order valence-electron chi connectivity index (χ2n) is 6.38. The number of para-hydroxylation sites is 1. The van der Waals surface area contributed by atoms with Gasteiger partial charge in [-0.2, -0.15) is 5.26 Å². The fourth-order valence-corrected chi connectivity index (χ4v) is 3.27. The number of nitro benzene ring substituents is 1. The number of ether oxygens (including phenoxy) is 1. The van der Waals surface area contributed by atoms with Gasteiger partial charge in [-0.05, 0) is 43.7 Å². The van der Waals surface area contributed by atoms with Crippen LogP contribution in [0.3, 0.4) is 0 Å². The zero-order chi connectivity index (χ0) is 21.0. The van der Waals surface area contributed by atoms with E-state index in [9.17, 15) is 20.2 Å². The fraction of sp³-hybridized carbons (Fsp3) is 0.182. The van der Waals surface area contributed by atoms with Gasteiger partial charge in [-0.1, -0.05) is 18.2 Å². The second kappa shape index (κ2) is 8.40. The third kappa shape index (κ3) is 4.01. The lowest BCUT2D eigenvalue weighted by Gasteiger charge is -2.07. The first-order valence-electron chi connectivity index (χ1n) is 9.06. The molecule has 0 saturated heterocycles. The molecule has 0 aliphatic heterocycles. The average Bonchev–Trinajstić information content (AvgIpc) is 2.98. The van der Waals surface area contributed by atoms with Crippen LogP contribution < -0.4 is 0 Å². The number of carbonyl (C=O) groups is 1. The predicted molar refractivity (Wildman–Crippen MR) is 110 cm³/mol. The number of fused-ring (bicyclic) bond motifs is 1. The number of non-ortho nitro benzene ring substituents is 1. The number of nitro groups is 1. The largest absolute Gasteiger partial charge is 0.465 e. The zero-order valence-electron chi connectivity index (χ0n) is 16.1. The molecule has 0 bridgehead atoms. The second-order valence-corrected chi connectivity index (χ2v) is 6.38. The van der Waals surface area contributed by atoms with Gasteiger partial charge in [0.05, 0.1) is 23.2 Å². The van der Waals surface area contributed by atoms with E-state index >= 15 is 0 Å². The SMILES string of the molecule is CCOC(=O)Cn1c(C)c(C=C(C#N)c2ccc([N+](=O)[O-])cc2)c2ccccc21. The van der Waals surface area contributed by atoms with Gasteiger partial charge < -0.3 is 9.30 Å². The van der Waals surface area contributed by atoms with Crippen LogP contribution in [0, 0.1) is 28.4 Å². The first kappa shape index (κ1) is 19.8. The van der Waals surface area contributed by atoms with Gasteiger partial charge >= 0.3 is 5.97 Å². The van der Waals surface area contributed by atoms with E-state index in [1.807, 2.05) is 35.8 Å². The van der Waals surface area contributed by atoms with E-state index in [1.165, 1.54) is 12.1 Å². The highest BCUT2D eigenvalue weighted by Crippen LogP contribution is 2.30. The number of esters is 1. The number of hydrogen-bond acceptors (Lipinski definition) is 5. The normalized spacial score (nSPS) is 11.3. The van der Waals surface area contributed by atoms with Crippen LogP contribution in [-0.2, 0) is 16.1 Å². The maximum Gasteiger partial charge on any atom is 0.325 e. The van der Waals surface area contributed by atoms with E-state index < -0.39 is 4.92 Å². The standard InChI is InChI=1S/C22H19N3O4/c1-3-29-22(26)14-24-15(2)20(19-6-4-5-7-21(19)24)12-17(13-23)16-8-10-18(11-9-16)25(27)28/h4-12H,3,14H2,1-2H3. The molecule has 0 spiro atoms. The molecular weight excluding hydrogens is 370 g/mol. The Morgan fingerprint density at radius 1 is 1.24 bits per heavy atom. The number of allylic oxidation sites excluding steroid dienone is 1. The van der Waals surface area contributed by atoms with E-state index in [2.05, 4.69) is 6.07 Å². The Kier molecular flexibility index (Phi) is 5.74. The van der Waals surface area contributed by atoms with Crippen molar-refractivity contribution in [2.45, 2.75) is 20.4 Å². The lowest BCUT2D eigenvalue weighted by atomic mass is 10.0. The van der Waals surface area contributed by atoms with Gasteiger partial charge in [-0.15, -0.1) is 0 Å². The average molecular weight is 389 g/mol. The summed E-state index contributed by atoms with van der Waals surface area (Å²) in [5, 5.41) is 21.4. The molecule has 0 radical (unpaired) electrons. The van der Waals surface area contributed by atoms with Gasteiger partial charge in [0, 0.05) is 34.3 Å². The quantitative estimate of drug-likeness (QED) is 0.268. The summed E-state index contributed by atoms with van der Waals surface area (Å²) in [6.45, 7) is 4.03. The highest BCUT2D eigenvalue weighted by Gasteiger charge is 2.16. The smallest absolute Gasteiger partial charge is 0.325 e. The molecule has 29 heavy (non-hydrogen) atoms. The molecule has 7 nitrogen and oxygen atoms in total. The summed E-state index contributed by atoms with van der Waals surface area (Å²) in [4.78, 5) is 22.4. The van der Waals surface area contributed by atoms with E-state index in [1.54, 1.807) is 25.1 Å². The Morgan fingerprint density at radius 2 is 1.93 bits per heavy atom. The Morgan fingerprint density at radius 3 is 2.55 bits per heavy atom. The summed E-state index contributed by atoms with van der Waals surface area (Å²) < 4.78 is 6.94. The van der Waals surface area contributed by atoms with Crippen LogP contribution >= 0.6 is 0 Å². The van der Waals surface area contributed by atoms with Crippen LogP contribution in [0.4, 0.5) is 5.69 Å². The van der Waals surface area contributed by atoms with E-state index in [-0.39, 0.29) is 18.2 Å². The van der Waals surface area contributed by atoms with Crippen LogP contribution in [0.5, 0.6) is 0 Å². The molecule has 0 N–H and O–H groups in total. The van der Waals surface area contributed by atoms with Crippen LogP contribution in [0.25, 0.3) is 22.6 Å². The summed E-state index contributed by atoms with van der Waals surface area (Å²) in [5.41, 5.74) is 3.44. The first-order valence-corrected chi connectivity index (χ1v) is 9.06. The molecule has 1 heterocycles. The van der Waals surface area contributed by atoms with Crippen molar-refractivity contribution >= 4 is 34.2 Å². The summed E-state index contributed by atoms with van der Waals surface area (Å²) >= 11 is 0. The van der Waals surface area contributed by atoms with Gasteiger partial charge in [-0.3, -0.25) is 14.9 Å². The number of rotatable bonds is 6. The molecule has 0 unspecified atom stereocenters. The van der Waals surface area contributed by atoms with Gasteiger partial charge in [-0.25, -0.2) is 0 Å².